The van der Waals surface area contributed by atoms with Crippen molar-refractivity contribution in [3.63, 3.8) is 0 Å². The largest absolute Gasteiger partial charge is 0.494 e. The number of aromatic nitrogens is 2. The molecule has 0 saturated heterocycles. The Kier molecular flexibility index (Phi) is 6.60. The van der Waals surface area contributed by atoms with Gasteiger partial charge in [0.25, 0.3) is 0 Å². The molecule has 0 bridgehead atoms. The van der Waals surface area contributed by atoms with E-state index in [1.54, 1.807) is 30.0 Å². The summed E-state index contributed by atoms with van der Waals surface area (Å²) in [5, 5.41) is 8.20. The molecule has 9 heteroatoms. The Morgan fingerprint density at radius 3 is 2.49 bits per heavy atom. The van der Waals surface area contributed by atoms with Crippen molar-refractivity contribution in [2.45, 2.75) is 32.7 Å². The average molecular weight is 539 g/mol. The molecule has 0 radical (unpaired) electrons. The number of anilines is 2. The molecule has 1 N–H and O–H groups in total. The van der Waals surface area contributed by atoms with Crippen LogP contribution in [0.1, 0.15) is 48.2 Å². The maximum Gasteiger partial charge on any atom is 0.328 e. The summed E-state index contributed by atoms with van der Waals surface area (Å²) < 4.78 is 22.8. The number of hydrogen-bond acceptors (Lipinski definition) is 3. The minimum absolute atomic E-state index is 0.0164. The number of fused-ring (bicyclic) bond motifs is 1. The monoisotopic (exact) mass is 538 g/mol. The molecule has 0 fully saturated rings. The number of nitrogens with zero attached hydrogens (tertiary/aromatic N) is 3. The highest BCUT2D eigenvalue weighted by molar-refractivity contribution is 6.31. The number of amides is 2. The zero-order valence-corrected chi connectivity index (χ0v) is 22.2. The maximum atomic E-state index is 15.4. The number of methoxy groups -OCH3 is 1. The lowest BCUT2D eigenvalue weighted by Crippen LogP contribution is -2.44. The number of hydrogen-bond donors (Lipinski definition) is 1. The fourth-order valence-corrected chi connectivity index (χ4v) is 5.32. The number of benzene rings is 3. The van der Waals surface area contributed by atoms with Crippen molar-refractivity contribution < 1.29 is 13.9 Å². The van der Waals surface area contributed by atoms with Crippen molar-refractivity contribution in [2.75, 3.05) is 17.3 Å². The van der Waals surface area contributed by atoms with Crippen LogP contribution >= 0.6 is 23.2 Å². The predicted molar refractivity (Wildman–Crippen MR) is 145 cm³/mol. The third-order valence-corrected chi connectivity index (χ3v) is 7.04. The normalized spacial score (nSPS) is 15.1. The van der Waals surface area contributed by atoms with E-state index in [4.69, 9.17) is 33.0 Å². The summed E-state index contributed by atoms with van der Waals surface area (Å²) in [6.45, 7) is 6.02. The van der Waals surface area contributed by atoms with E-state index in [2.05, 4.69) is 19.2 Å². The molecule has 1 aliphatic heterocycles. The van der Waals surface area contributed by atoms with Gasteiger partial charge in [-0.15, -0.1) is 5.10 Å². The maximum absolute atomic E-state index is 15.4. The topological polar surface area (TPSA) is 59.4 Å². The van der Waals surface area contributed by atoms with E-state index in [1.165, 1.54) is 11.0 Å². The van der Waals surface area contributed by atoms with E-state index in [0.717, 1.165) is 28.1 Å². The Balaban J connectivity index is 1.85. The number of carbonyl (C=O) groups is 1. The zero-order chi connectivity index (χ0) is 26.4. The molecule has 1 aromatic heterocycles. The first-order chi connectivity index (χ1) is 17.7. The van der Waals surface area contributed by atoms with Crippen molar-refractivity contribution in [1.29, 1.82) is 0 Å². The Morgan fingerprint density at radius 2 is 1.78 bits per heavy atom. The highest BCUT2D eigenvalue weighted by Crippen LogP contribution is 2.47. The van der Waals surface area contributed by atoms with Gasteiger partial charge in [-0.1, -0.05) is 61.3 Å². The smallest absolute Gasteiger partial charge is 0.328 e. The summed E-state index contributed by atoms with van der Waals surface area (Å²) in [5.74, 6) is 0.338. The molecule has 1 aliphatic rings. The third kappa shape index (κ3) is 4.22. The molecule has 0 saturated carbocycles. The molecule has 2 amide bonds. The molecule has 3 aromatic carbocycles. The van der Waals surface area contributed by atoms with Crippen molar-refractivity contribution in [1.82, 2.24) is 9.78 Å². The molecule has 37 heavy (non-hydrogen) atoms. The second-order valence-electron chi connectivity index (χ2n) is 9.16. The van der Waals surface area contributed by atoms with Crippen molar-refractivity contribution >= 4 is 40.7 Å². The van der Waals surface area contributed by atoms with E-state index in [-0.39, 0.29) is 16.6 Å². The van der Waals surface area contributed by atoms with E-state index < -0.39 is 17.9 Å². The van der Waals surface area contributed by atoms with Gasteiger partial charge in [-0.2, -0.15) is 0 Å². The second kappa shape index (κ2) is 9.72. The lowest BCUT2D eigenvalue weighted by molar-refractivity contribution is 0.254. The van der Waals surface area contributed by atoms with Gasteiger partial charge in [-0.25, -0.2) is 13.9 Å². The van der Waals surface area contributed by atoms with Gasteiger partial charge in [0.1, 0.15) is 11.4 Å². The fourth-order valence-electron chi connectivity index (χ4n) is 4.92. The Morgan fingerprint density at radius 1 is 1.05 bits per heavy atom. The van der Waals surface area contributed by atoms with Gasteiger partial charge < -0.3 is 4.74 Å². The summed E-state index contributed by atoms with van der Waals surface area (Å²) in [4.78, 5) is 15.0. The van der Waals surface area contributed by atoms with Gasteiger partial charge in [0.2, 0.25) is 0 Å². The van der Waals surface area contributed by atoms with Gasteiger partial charge in [-0.05, 0) is 60.4 Å². The number of rotatable bonds is 5. The van der Waals surface area contributed by atoms with Gasteiger partial charge in [0.05, 0.1) is 29.6 Å². The number of nitrogens with one attached hydrogen (secondary N) is 1. The Bertz CT molecular complexity index is 1520. The number of para-hydroxylation sites is 2. The van der Waals surface area contributed by atoms with Gasteiger partial charge in [-0.3, -0.25) is 10.2 Å². The van der Waals surface area contributed by atoms with Crippen LogP contribution < -0.4 is 15.0 Å². The fraction of sp³-hybridized carbons (Fsp3) is 0.214. The molecule has 2 heterocycles. The SMILES string of the molecule is COc1ccccc1-n1nc2c(c1C(C)C)C(c1ccc(Cl)cc1C)N(c1cccc(Cl)c1F)C(=O)N2. The first-order valence-corrected chi connectivity index (χ1v) is 12.5. The van der Waals surface area contributed by atoms with E-state index in [0.29, 0.717) is 16.6 Å². The summed E-state index contributed by atoms with van der Waals surface area (Å²) in [5.41, 5.74) is 4.04. The molecule has 4 aromatic rings. The third-order valence-electron chi connectivity index (χ3n) is 6.51. The molecule has 1 unspecified atom stereocenters. The van der Waals surface area contributed by atoms with E-state index in [9.17, 15) is 4.79 Å². The first-order valence-electron chi connectivity index (χ1n) is 11.8. The van der Waals surface area contributed by atoms with Crippen LogP contribution in [0.3, 0.4) is 0 Å². The van der Waals surface area contributed by atoms with Crippen LogP contribution in [-0.4, -0.2) is 22.9 Å². The van der Waals surface area contributed by atoms with Crippen LogP contribution in [0, 0.1) is 12.7 Å². The number of urea groups is 1. The van der Waals surface area contributed by atoms with Crippen molar-refractivity contribution in [3.8, 4) is 11.4 Å². The van der Waals surface area contributed by atoms with Gasteiger partial charge >= 0.3 is 6.03 Å². The molecular formula is C28H25Cl2FN4O2. The number of ether oxygens (including phenoxy) is 1. The van der Waals surface area contributed by atoms with Crippen LogP contribution in [0.2, 0.25) is 10.0 Å². The second-order valence-corrected chi connectivity index (χ2v) is 10.0. The number of aryl methyl sites for hydroxylation is 1. The van der Waals surface area contributed by atoms with Crippen LogP contribution in [0.15, 0.2) is 60.7 Å². The standard InChI is InChI=1S/C28H25Cl2FN4O2/c1-15(2)25-23-26(18-13-12-17(29)14-16(18)3)34(21-10-7-8-19(30)24(21)31)28(36)32-27(23)33-35(25)20-9-5-6-11-22(20)37-4/h5-15,26H,1-4H3,(H,32,33,36). The Labute approximate surface area is 224 Å². The van der Waals surface area contributed by atoms with Crippen LogP contribution in [0.4, 0.5) is 20.7 Å². The lowest BCUT2D eigenvalue weighted by atomic mass is 9.89. The molecule has 0 aliphatic carbocycles. The van der Waals surface area contributed by atoms with Gasteiger partial charge in [0.15, 0.2) is 11.6 Å². The highest BCUT2D eigenvalue weighted by Gasteiger charge is 2.42. The Hall–Kier alpha value is -3.55. The molecule has 6 nitrogen and oxygen atoms in total. The highest BCUT2D eigenvalue weighted by atomic mass is 35.5. The van der Waals surface area contributed by atoms with E-state index >= 15 is 4.39 Å². The molecular weight excluding hydrogens is 514 g/mol. The van der Waals surface area contributed by atoms with Gasteiger partial charge in [0, 0.05) is 10.6 Å². The molecule has 5 rings (SSSR count). The zero-order valence-electron chi connectivity index (χ0n) is 20.7. The van der Waals surface area contributed by atoms with Crippen LogP contribution in [0.25, 0.3) is 5.69 Å². The average Bonchev–Trinajstić information content (AvgIpc) is 3.24. The minimum Gasteiger partial charge on any atom is -0.494 e. The van der Waals surface area contributed by atoms with Crippen molar-refractivity contribution in [3.05, 3.63) is 98.9 Å². The molecule has 0 spiro atoms. The first kappa shape index (κ1) is 25.1. The minimum atomic E-state index is -0.699. The van der Waals surface area contributed by atoms with Crippen LogP contribution in [-0.2, 0) is 0 Å². The van der Waals surface area contributed by atoms with Crippen molar-refractivity contribution in [2.24, 2.45) is 0 Å². The number of halogens is 3. The predicted octanol–water partition coefficient (Wildman–Crippen LogP) is 7.90. The summed E-state index contributed by atoms with van der Waals surface area (Å²) in [6, 6.07) is 16.4. The quantitative estimate of drug-likeness (QED) is 0.281. The van der Waals surface area contributed by atoms with Crippen LogP contribution in [0.5, 0.6) is 5.75 Å². The molecule has 190 valence electrons. The summed E-state index contributed by atoms with van der Waals surface area (Å²) in [7, 11) is 1.60. The summed E-state index contributed by atoms with van der Waals surface area (Å²) >= 11 is 12.4. The molecule has 1 atom stereocenters. The summed E-state index contributed by atoms with van der Waals surface area (Å²) in [6.07, 6.45) is 0. The lowest BCUT2D eigenvalue weighted by Gasteiger charge is -2.37. The number of carbonyl (C=O) groups excluding carboxylic acids is 1. The van der Waals surface area contributed by atoms with E-state index in [1.807, 2.05) is 43.3 Å².